The number of thiazole rings is 1. The van der Waals surface area contributed by atoms with Crippen LogP contribution in [0, 0.1) is 0 Å². The number of anilines is 1. The second kappa shape index (κ2) is 7.85. The zero-order chi connectivity index (χ0) is 21.3. The van der Waals surface area contributed by atoms with Crippen LogP contribution >= 0.6 is 11.3 Å². The number of aryl methyl sites for hydroxylation is 1. The molecule has 1 N–H and O–H groups in total. The number of rotatable bonds is 5. The number of carbonyl (C=O) groups excluding carboxylic acids is 1. The molecule has 0 aliphatic carbocycles. The van der Waals surface area contributed by atoms with E-state index in [0.29, 0.717) is 10.8 Å². The molecule has 4 aromatic rings. The van der Waals surface area contributed by atoms with Crippen molar-refractivity contribution in [1.82, 2.24) is 14.5 Å². The maximum atomic E-state index is 12.9. The lowest BCUT2D eigenvalue weighted by Crippen LogP contribution is -2.15. The highest BCUT2D eigenvalue weighted by Gasteiger charge is 2.22. The highest BCUT2D eigenvalue weighted by Crippen LogP contribution is 2.38. The van der Waals surface area contributed by atoms with E-state index in [9.17, 15) is 13.2 Å². The summed E-state index contributed by atoms with van der Waals surface area (Å²) >= 11 is 1.29. The first-order valence-electron chi connectivity index (χ1n) is 8.99. The van der Waals surface area contributed by atoms with Crippen molar-refractivity contribution in [3.63, 3.8) is 0 Å². The largest absolute Gasteiger partial charge is 0.333 e. The molecule has 2 heterocycles. The number of carbonyl (C=O) groups is 1. The van der Waals surface area contributed by atoms with E-state index < -0.39 is 15.7 Å². The van der Waals surface area contributed by atoms with Crippen molar-refractivity contribution in [2.75, 3.05) is 11.6 Å². The number of imidazole rings is 1. The highest BCUT2D eigenvalue weighted by atomic mass is 32.2. The summed E-state index contributed by atoms with van der Waals surface area (Å²) in [5.74, 6) is 0.194. The lowest BCUT2D eigenvalue weighted by atomic mass is 10.1. The lowest BCUT2D eigenvalue weighted by Gasteiger charge is -2.06. The summed E-state index contributed by atoms with van der Waals surface area (Å²) in [5, 5.41) is 3.11. The average molecular weight is 439 g/mol. The van der Waals surface area contributed by atoms with E-state index in [1.54, 1.807) is 18.3 Å². The van der Waals surface area contributed by atoms with E-state index in [4.69, 9.17) is 0 Å². The molecule has 0 fully saturated rings. The average Bonchev–Trinajstić information content (AvgIpc) is 3.33. The van der Waals surface area contributed by atoms with Crippen LogP contribution in [0.5, 0.6) is 0 Å². The molecule has 30 heavy (non-hydrogen) atoms. The van der Waals surface area contributed by atoms with Gasteiger partial charge in [-0.2, -0.15) is 0 Å². The SMILES string of the molecule is Cn1ccnc1-c1sc(NC(=O)c2ccccc2S(C)(=O)=O)nc1-c1ccccc1. The molecule has 1 amide bonds. The molecule has 2 aromatic carbocycles. The summed E-state index contributed by atoms with van der Waals surface area (Å²) < 4.78 is 26.0. The van der Waals surface area contributed by atoms with Gasteiger partial charge >= 0.3 is 0 Å². The molecule has 0 spiro atoms. The number of aromatic nitrogens is 3. The van der Waals surface area contributed by atoms with Crippen molar-refractivity contribution in [3.05, 3.63) is 72.6 Å². The van der Waals surface area contributed by atoms with Crippen LogP contribution < -0.4 is 5.32 Å². The summed E-state index contributed by atoms with van der Waals surface area (Å²) in [5.41, 5.74) is 1.67. The van der Waals surface area contributed by atoms with Gasteiger partial charge in [-0.25, -0.2) is 18.4 Å². The van der Waals surface area contributed by atoms with Gasteiger partial charge in [0.1, 0.15) is 0 Å². The number of amides is 1. The van der Waals surface area contributed by atoms with Crippen LogP contribution in [-0.2, 0) is 16.9 Å². The van der Waals surface area contributed by atoms with Gasteiger partial charge < -0.3 is 4.57 Å². The Morgan fingerprint density at radius 2 is 1.77 bits per heavy atom. The number of hydrogen-bond acceptors (Lipinski definition) is 6. The topological polar surface area (TPSA) is 94.0 Å². The molecule has 0 radical (unpaired) electrons. The van der Waals surface area contributed by atoms with Gasteiger partial charge in [-0.15, -0.1) is 0 Å². The third kappa shape index (κ3) is 3.89. The van der Waals surface area contributed by atoms with Crippen LogP contribution in [0.15, 0.2) is 71.9 Å². The van der Waals surface area contributed by atoms with Crippen molar-refractivity contribution in [1.29, 1.82) is 0 Å². The number of hydrogen-bond donors (Lipinski definition) is 1. The summed E-state index contributed by atoms with van der Waals surface area (Å²) in [4.78, 5) is 22.7. The predicted octanol–water partition coefficient (Wildman–Crippen LogP) is 3.87. The van der Waals surface area contributed by atoms with E-state index in [-0.39, 0.29) is 10.5 Å². The van der Waals surface area contributed by atoms with Crippen molar-refractivity contribution < 1.29 is 13.2 Å². The van der Waals surface area contributed by atoms with E-state index in [1.165, 1.54) is 23.5 Å². The van der Waals surface area contributed by atoms with Crippen molar-refractivity contribution in [2.45, 2.75) is 4.90 Å². The lowest BCUT2D eigenvalue weighted by molar-refractivity contribution is 0.102. The zero-order valence-corrected chi connectivity index (χ0v) is 17.9. The molecule has 0 bridgehead atoms. The molecule has 7 nitrogen and oxygen atoms in total. The van der Waals surface area contributed by atoms with Gasteiger partial charge in [0.2, 0.25) is 0 Å². The minimum absolute atomic E-state index is 0.0216. The summed E-state index contributed by atoms with van der Waals surface area (Å²) in [6.45, 7) is 0. The van der Waals surface area contributed by atoms with E-state index in [0.717, 1.165) is 22.5 Å². The summed E-state index contributed by atoms with van der Waals surface area (Å²) in [7, 11) is -1.66. The maximum Gasteiger partial charge on any atom is 0.258 e. The quantitative estimate of drug-likeness (QED) is 0.511. The van der Waals surface area contributed by atoms with Gasteiger partial charge in [0.05, 0.1) is 21.0 Å². The first-order valence-corrected chi connectivity index (χ1v) is 11.7. The van der Waals surface area contributed by atoms with Gasteiger partial charge in [0, 0.05) is 31.3 Å². The normalized spacial score (nSPS) is 11.4. The van der Waals surface area contributed by atoms with Gasteiger partial charge in [0.15, 0.2) is 20.8 Å². The fourth-order valence-electron chi connectivity index (χ4n) is 3.04. The Balaban J connectivity index is 1.76. The zero-order valence-electron chi connectivity index (χ0n) is 16.2. The minimum Gasteiger partial charge on any atom is -0.333 e. The summed E-state index contributed by atoms with van der Waals surface area (Å²) in [6, 6.07) is 15.7. The van der Waals surface area contributed by atoms with Crippen molar-refractivity contribution in [2.24, 2.45) is 7.05 Å². The minimum atomic E-state index is -3.55. The Kier molecular flexibility index (Phi) is 5.23. The smallest absolute Gasteiger partial charge is 0.258 e. The molecule has 0 aliphatic rings. The van der Waals surface area contributed by atoms with Crippen LogP contribution in [0.4, 0.5) is 5.13 Å². The third-order valence-electron chi connectivity index (χ3n) is 4.45. The number of nitrogens with one attached hydrogen (secondary N) is 1. The number of sulfone groups is 1. The molecule has 4 rings (SSSR count). The Morgan fingerprint density at radius 3 is 2.43 bits per heavy atom. The fourth-order valence-corrected chi connectivity index (χ4v) is 4.95. The standard InChI is InChI=1S/C21H18N4O3S2/c1-25-13-12-22-19(25)18-17(14-8-4-3-5-9-14)23-21(29-18)24-20(26)15-10-6-7-11-16(15)30(2,27)28/h3-13H,1-2H3,(H,23,24,26). The Morgan fingerprint density at radius 1 is 1.07 bits per heavy atom. The molecule has 9 heteroatoms. The van der Waals surface area contributed by atoms with Crippen LogP contribution in [0.1, 0.15) is 10.4 Å². The first kappa shape index (κ1) is 20.0. The van der Waals surface area contributed by atoms with Crippen LogP contribution in [0.2, 0.25) is 0 Å². The van der Waals surface area contributed by atoms with E-state index in [1.807, 2.05) is 48.1 Å². The summed E-state index contributed by atoms with van der Waals surface area (Å²) in [6.07, 6.45) is 4.62. The van der Waals surface area contributed by atoms with Crippen LogP contribution in [0.3, 0.4) is 0 Å². The molecule has 2 aromatic heterocycles. The molecular weight excluding hydrogens is 420 g/mol. The molecule has 0 saturated carbocycles. The van der Waals surface area contributed by atoms with Gasteiger partial charge in [-0.3, -0.25) is 10.1 Å². The number of nitrogens with zero attached hydrogens (tertiary/aromatic N) is 3. The van der Waals surface area contributed by atoms with Crippen LogP contribution in [-0.4, -0.2) is 35.1 Å². The second-order valence-corrected chi connectivity index (χ2v) is 9.63. The fraction of sp³-hybridized carbons (Fsp3) is 0.0952. The molecular formula is C21H18N4O3S2. The van der Waals surface area contributed by atoms with Crippen molar-refractivity contribution >= 4 is 32.2 Å². The Hall–Kier alpha value is -3.30. The maximum absolute atomic E-state index is 12.9. The Labute approximate surface area is 178 Å². The third-order valence-corrected chi connectivity index (χ3v) is 6.57. The highest BCUT2D eigenvalue weighted by molar-refractivity contribution is 7.90. The predicted molar refractivity (Wildman–Crippen MR) is 117 cm³/mol. The van der Waals surface area contributed by atoms with Gasteiger partial charge in [-0.05, 0) is 12.1 Å². The number of benzene rings is 2. The van der Waals surface area contributed by atoms with Crippen LogP contribution in [0.25, 0.3) is 22.0 Å². The van der Waals surface area contributed by atoms with E-state index in [2.05, 4.69) is 15.3 Å². The molecule has 152 valence electrons. The second-order valence-electron chi connectivity index (χ2n) is 6.65. The molecule has 0 aliphatic heterocycles. The monoisotopic (exact) mass is 438 g/mol. The van der Waals surface area contributed by atoms with Gasteiger partial charge in [0.25, 0.3) is 5.91 Å². The molecule has 0 atom stereocenters. The Bertz CT molecular complexity index is 1330. The van der Waals surface area contributed by atoms with Gasteiger partial charge in [-0.1, -0.05) is 53.8 Å². The van der Waals surface area contributed by atoms with Crippen molar-refractivity contribution in [3.8, 4) is 22.0 Å². The van der Waals surface area contributed by atoms with E-state index >= 15 is 0 Å². The first-order chi connectivity index (χ1) is 14.3. The molecule has 0 unspecified atom stereocenters. The molecule has 0 saturated heterocycles.